The Morgan fingerprint density at radius 2 is 1.34 bits per heavy atom. The zero-order valence-electron chi connectivity index (χ0n) is 22.7. The van der Waals surface area contributed by atoms with Gasteiger partial charge in [-0.15, -0.1) is 0 Å². The van der Waals surface area contributed by atoms with Gasteiger partial charge in [-0.3, -0.25) is 14.3 Å². The van der Waals surface area contributed by atoms with Gasteiger partial charge in [0, 0.05) is 17.2 Å². The van der Waals surface area contributed by atoms with Crippen molar-refractivity contribution in [1.82, 2.24) is 9.55 Å². The fourth-order valence-corrected chi connectivity index (χ4v) is 4.52. The molecule has 5 rings (SSSR count). The van der Waals surface area contributed by atoms with E-state index in [0.29, 0.717) is 0 Å². The molecule has 1 fully saturated rings. The Kier molecular flexibility index (Phi) is 8.65. The number of aromatic amines is 1. The first-order valence-electron chi connectivity index (χ1n) is 13.1. The highest BCUT2D eigenvalue weighted by atomic mass is 16.7. The monoisotopic (exact) mass is 597 g/mol. The fourth-order valence-electron chi connectivity index (χ4n) is 4.52. The lowest BCUT2D eigenvalue weighted by molar-refractivity contribution is -0.129. The molecule has 0 radical (unpaired) electrons. The minimum atomic E-state index is -2.36. The third-order valence-corrected chi connectivity index (χ3v) is 6.60. The van der Waals surface area contributed by atoms with Crippen LogP contribution in [0.1, 0.15) is 37.3 Å². The summed E-state index contributed by atoms with van der Waals surface area (Å²) < 4.78 is 23.9. The topological polar surface area (TPSA) is 192 Å². The van der Waals surface area contributed by atoms with E-state index in [0.717, 1.165) is 16.8 Å². The van der Waals surface area contributed by atoms with Crippen LogP contribution in [0.5, 0.6) is 0 Å². The number of nitrogens with zero attached hydrogens (tertiary/aromatic N) is 4. The molecule has 4 aromatic rings. The number of rotatable bonds is 9. The Labute approximate surface area is 248 Å². The number of H-pyrrole nitrogens is 1. The first-order valence-corrected chi connectivity index (χ1v) is 13.1. The van der Waals surface area contributed by atoms with Crippen LogP contribution in [0.2, 0.25) is 0 Å². The Morgan fingerprint density at radius 3 is 1.86 bits per heavy atom. The van der Waals surface area contributed by atoms with Crippen molar-refractivity contribution in [2.75, 3.05) is 6.61 Å². The summed E-state index contributed by atoms with van der Waals surface area (Å²) in [6.45, 7) is -0.828. The molecule has 1 aliphatic rings. The number of aromatic nitrogens is 2. The maximum atomic E-state index is 13.3. The van der Waals surface area contributed by atoms with E-state index in [1.54, 1.807) is 54.6 Å². The van der Waals surface area contributed by atoms with Crippen LogP contribution in [-0.2, 0) is 18.9 Å². The van der Waals surface area contributed by atoms with Crippen LogP contribution < -0.4 is 11.2 Å². The summed E-state index contributed by atoms with van der Waals surface area (Å²) in [6.07, 6.45) is -4.01. The van der Waals surface area contributed by atoms with E-state index in [4.69, 9.17) is 18.9 Å². The molecule has 14 nitrogen and oxygen atoms in total. The highest BCUT2D eigenvalue weighted by molar-refractivity contribution is 5.91. The Morgan fingerprint density at radius 1 is 0.818 bits per heavy atom. The second kappa shape index (κ2) is 12.9. The van der Waals surface area contributed by atoms with Gasteiger partial charge in [0.25, 0.3) is 5.56 Å². The number of carbonyl (C=O) groups is 3. The lowest BCUT2D eigenvalue weighted by Crippen LogP contribution is -2.49. The van der Waals surface area contributed by atoms with Crippen molar-refractivity contribution in [3.05, 3.63) is 151 Å². The van der Waals surface area contributed by atoms with Crippen molar-refractivity contribution in [3.63, 3.8) is 0 Å². The fraction of sp³-hybridized carbons (Fsp3) is 0.167. The van der Waals surface area contributed by atoms with Gasteiger partial charge in [-0.1, -0.05) is 59.7 Å². The summed E-state index contributed by atoms with van der Waals surface area (Å²) in [5.74, 6) is -2.67. The van der Waals surface area contributed by atoms with Crippen molar-refractivity contribution in [2.24, 2.45) is 5.11 Å². The predicted octanol–water partition coefficient (Wildman–Crippen LogP) is 3.38. The number of hydrogen-bond acceptors (Lipinski definition) is 10. The molecular weight excluding hydrogens is 574 g/mol. The van der Waals surface area contributed by atoms with E-state index in [1.807, 2.05) is 0 Å². The summed E-state index contributed by atoms with van der Waals surface area (Å²) in [5.41, 5.74) is 5.89. The second-order valence-corrected chi connectivity index (χ2v) is 9.43. The van der Waals surface area contributed by atoms with Crippen molar-refractivity contribution in [2.45, 2.75) is 24.2 Å². The van der Waals surface area contributed by atoms with E-state index in [1.165, 1.54) is 36.4 Å². The maximum Gasteiger partial charge on any atom is 0.338 e. The van der Waals surface area contributed by atoms with E-state index in [-0.39, 0.29) is 16.7 Å². The molecule has 2 heterocycles. The minimum Gasteiger partial charge on any atom is -0.459 e. The first kappa shape index (κ1) is 29.5. The molecule has 1 aromatic heterocycles. The van der Waals surface area contributed by atoms with Crippen LogP contribution in [0.15, 0.2) is 118 Å². The van der Waals surface area contributed by atoms with Gasteiger partial charge in [0.1, 0.15) is 6.61 Å². The third-order valence-electron chi connectivity index (χ3n) is 6.60. The standard InChI is InChI=1S/C30H23N5O9/c31-34-33-30(18-41-26(37)19-10-4-1-5-11-19)24(43-28(39)21-14-8-3-9-15-21)23(42-27(38)20-12-6-2-7-13-20)25(44-30)35-17-16-22(36)32-29(35)40/h1-17,23-25H,18H2,(H,32,36,40)/t23-,24-,25+,30+/m0/s1. The number of esters is 3. The predicted molar refractivity (Wildman–Crippen MR) is 151 cm³/mol. The van der Waals surface area contributed by atoms with Crippen LogP contribution in [-0.4, -0.2) is 52.0 Å². The Hall–Kier alpha value is -5.98. The molecule has 0 aliphatic carbocycles. The molecule has 0 unspecified atom stereocenters. The zero-order chi connectivity index (χ0) is 31.1. The molecule has 0 saturated carbocycles. The number of benzene rings is 3. The van der Waals surface area contributed by atoms with Crippen LogP contribution in [0.4, 0.5) is 0 Å². The van der Waals surface area contributed by atoms with Gasteiger partial charge in [-0.2, -0.15) is 0 Å². The van der Waals surface area contributed by atoms with Gasteiger partial charge in [0.2, 0.25) is 5.72 Å². The molecule has 1 saturated heterocycles. The molecule has 4 atom stereocenters. The highest BCUT2D eigenvalue weighted by Crippen LogP contribution is 2.42. The largest absolute Gasteiger partial charge is 0.459 e. The van der Waals surface area contributed by atoms with Crippen molar-refractivity contribution in [3.8, 4) is 0 Å². The van der Waals surface area contributed by atoms with Crippen molar-refractivity contribution in [1.29, 1.82) is 0 Å². The maximum absolute atomic E-state index is 13.3. The van der Waals surface area contributed by atoms with Gasteiger partial charge in [-0.25, -0.2) is 19.2 Å². The summed E-state index contributed by atoms with van der Waals surface area (Å²) >= 11 is 0. The molecule has 1 N–H and O–H groups in total. The smallest absolute Gasteiger partial charge is 0.338 e. The summed E-state index contributed by atoms with van der Waals surface area (Å²) in [5, 5.41) is 3.73. The lowest BCUT2D eigenvalue weighted by atomic mass is 10.0. The number of hydrogen-bond donors (Lipinski definition) is 1. The summed E-state index contributed by atoms with van der Waals surface area (Å²) in [7, 11) is 0. The molecular formula is C30H23N5O9. The normalized spacial score (nSPS) is 20.6. The Bertz CT molecular complexity index is 1820. The average Bonchev–Trinajstić information content (AvgIpc) is 3.33. The van der Waals surface area contributed by atoms with Crippen molar-refractivity contribution < 1.29 is 33.3 Å². The quantitative estimate of drug-likeness (QED) is 0.0990. The van der Waals surface area contributed by atoms with Crippen molar-refractivity contribution >= 4 is 17.9 Å². The number of azide groups is 1. The molecule has 0 spiro atoms. The zero-order valence-corrected chi connectivity index (χ0v) is 22.7. The SMILES string of the molecule is [N-]=[N+]=N[C@]1(COC(=O)c2ccccc2)O[C@@H](n2ccc(=O)[nH]c2=O)[C@@H](OC(=O)c2ccccc2)[C@@H]1OC(=O)c1ccccc1. The second-order valence-electron chi connectivity index (χ2n) is 9.43. The van der Waals surface area contributed by atoms with E-state index < -0.39 is 59.9 Å². The summed E-state index contributed by atoms with van der Waals surface area (Å²) in [4.78, 5) is 69.1. The van der Waals surface area contributed by atoms with Gasteiger partial charge >= 0.3 is 23.6 Å². The number of ether oxygens (including phenoxy) is 4. The first-order chi connectivity index (χ1) is 21.3. The van der Waals surface area contributed by atoms with E-state index in [9.17, 15) is 29.5 Å². The minimum absolute atomic E-state index is 0.0846. The molecule has 0 amide bonds. The van der Waals surface area contributed by atoms with Crippen LogP contribution >= 0.6 is 0 Å². The highest BCUT2D eigenvalue weighted by Gasteiger charge is 2.61. The van der Waals surface area contributed by atoms with Gasteiger partial charge in [-0.05, 0) is 41.9 Å². The van der Waals surface area contributed by atoms with Crippen LogP contribution in [0.25, 0.3) is 10.4 Å². The number of carbonyl (C=O) groups excluding carboxylic acids is 3. The molecule has 0 bridgehead atoms. The molecule has 222 valence electrons. The number of nitrogens with one attached hydrogen (secondary N) is 1. The molecule has 1 aliphatic heterocycles. The molecule has 3 aromatic carbocycles. The van der Waals surface area contributed by atoms with Crippen LogP contribution in [0.3, 0.4) is 0 Å². The van der Waals surface area contributed by atoms with Gasteiger partial charge in [0.05, 0.1) is 16.7 Å². The third kappa shape index (κ3) is 6.26. The molecule has 44 heavy (non-hydrogen) atoms. The van der Waals surface area contributed by atoms with E-state index >= 15 is 0 Å². The Balaban J connectivity index is 1.61. The lowest BCUT2D eigenvalue weighted by Gasteiger charge is -2.29. The summed E-state index contributed by atoms with van der Waals surface area (Å²) in [6, 6.07) is 24.4. The van der Waals surface area contributed by atoms with E-state index in [2.05, 4.69) is 15.0 Å². The average molecular weight is 598 g/mol. The van der Waals surface area contributed by atoms with Gasteiger partial charge < -0.3 is 18.9 Å². The van der Waals surface area contributed by atoms with Gasteiger partial charge in [0.15, 0.2) is 18.4 Å². The van der Waals surface area contributed by atoms with Crippen LogP contribution in [0, 0.1) is 0 Å². The molecule has 14 heteroatoms.